The van der Waals surface area contributed by atoms with E-state index in [1.165, 1.54) is 11.3 Å². The van der Waals surface area contributed by atoms with Gasteiger partial charge in [-0.25, -0.2) is 4.98 Å². The number of aromatic nitrogens is 1. The summed E-state index contributed by atoms with van der Waals surface area (Å²) >= 11 is 1.26. The van der Waals surface area contributed by atoms with Crippen LogP contribution in [0, 0.1) is 5.41 Å². The van der Waals surface area contributed by atoms with Crippen molar-refractivity contribution in [2.45, 2.75) is 45.1 Å². The number of hydrogen-bond acceptors (Lipinski definition) is 6. The summed E-state index contributed by atoms with van der Waals surface area (Å²) in [6.45, 7) is 5.10. The number of amides is 1. The molecule has 2 aliphatic rings. The fraction of sp³-hybridized carbons (Fsp3) is 0.667. The lowest BCUT2D eigenvalue weighted by molar-refractivity contribution is -0.124. The number of anilines is 1. The molecule has 1 aliphatic heterocycles. The second kappa shape index (κ2) is 5.40. The summed E-state index contributed by atoms with van der Waals surface area (Å²) in [5, 5.41) is 3.26. The molecule has 1 aromatic heterocycles. The van der Waals surface area contributed by atoms with Crippen LogP contribution < -0.4 is 11.1 Å². The minimum Gasteiger partial charge on any atom is -0.381 e. The van der Waals surface area contributed by atoms with Crippen LogP contribution in [0.15, 0.2) is 0 Å². The van der Waals surface area contributed by atoms with Crippen LogP contribution in [0.4, 0.5) is 5.13 Å². The fourth-order valence-corrected chi connectivity index (χ4v) is 3.87. The van der Waals surface area contributed by atoms with Gasteiger partial charge in [0.15, 0.2) is 10.9 Å². The van der Waals surface area contributed by atoms with Crippen LogP contribution in [0.25, 0.3) is 0 Å². The number of rotatable bonds is 2. The van der Waals surface area contributed by atoms with Gasteiger partial charge in [-0.1, -0.05) is 25.2 Å². The Bertz CT molecular complexity index is 618. The van der Waals surface area contributed by atoms with Crippen molar-refractivity contribution in [3.05, 3.63) is 10.6 Å². The van der Waals surface area contributed by atoms with Crippen LogP contribution in [0.3, 0.4) is 0 Å². The minimum atomic E-state index is -0.909. The van der Waals surface area contributed by atoms with Crippen molar-refractivity contribution in [1.82, 2.24) is 4.98 Å². The van der Waals surface area contributed by atoms with Gasteiger partial charge in [0, 0.05) is 19.6 Å². The van der Waals surface area contributed by atoms with Crippen molar-refractivity contribution in [2.24, 2.45) is 11.1 Å². The van der Waals surface area contributed by atoms with Crippen molar-refractivity contribution in [1.29, 1.82) is 0 Å². The van der Waals surface area contributed by atoms with Crippen LogP contribution in [-0.2, 0) is 16.0 Å². The summed E-state index contributed by atoms with van der Waals surface area (Å²) in [4.78, 5) is 29.7. The highest BCUT2D eigenvalue weighted by Crippen LogP contribution is 2.38. The van der Waals surface area contributed by atoms with Gasteiger partial charge in [-0.15, -0.1) is 0 Å². The van der Waals surface area contributed by atoms with E-state index in [-0.39, 0.29) is 17.1 Å². The lowest BCUT2D eigenvalue weighted by atomic mass is 9.78. The summed E-state index contributed by atoms with van der Waals surface area (Å²) in [5.74, 6) is -0.133. The molecule has 1 fully saturated rings. The summed E-state index contributed by atoms with van der Waals surface area (Å²) in [6.07, 6.45) is 2.27. The lowest BCUT2D eigenvalue weighted by Crippen LogP contribution is -2.54. The van der Waals surface area contributed by atoms with Gasteiger partial charge in [0.1, 0.15) is 5.54 Å². The topological polar surface area (TPSA) is 94.3 Å². The number of nitrogens with one attached hydrogen (secondary N) is 1. The van der Waals surface area contributed by atoms with Crippen LogP contribution in [0.2, 0.25) is 0 Å². The number of fused-ring (bicyclic) bond motifs is 1. The standard InChI is InChI=1S/C15H21N3O3S/c1-14(2)7-9-11(10(19)8-14)22-13(17-9)18-12(20)15(16)3-5-21-6-4-15/h3-8,16H2,1-2H3,(H,17,18,20). The largest absolute Gasteiger partial charge is 0.381 e. The number of carbonyl (C=O) groups is 2. The smallest absolute Gasteiger partial charge is 0.246 e. The molecule has 0 radical (unpaired) electrons. The van der Waals surface area contributed by atoms with Crippen molar-refractivity contribution in [2.75, 3.05) is 18.5 Å². The molecule has 1 aliphatic carbocycles. The van der Waals surface area contributed by atoms with Crippen LogP contribution in [-0.4, -0.2) is 35.4 Å². The Kier molecular flexibility index (Phi) is 3.82. The minimum absolute atomic E-state index is 0.0742. The summed E-state index contributed by atoms with van der Waals surface area (Å²) in [7, 11) is 0. The Morgan fingerprint density at radius 3 is 2.68 bits per heavy atom. The number of hydrogen-bond donors (Lipinski definition) is 2. The molecule has 6 nitrogen and oxygen atoms in total. The lowest BCUT2D eigenvalue weighted by Gasteiger charge is -2.31. The van der Waals surface area contributed by atoms with E-state index in [0.717, 1.165) is 12.1 Å². The van der Waals surface area contributed by atoms with Gasteiger partial charge in [-0.05, 0) is 24.7 Å². The van der Waals surface area contributed by atoms with Gasteiger partial charge < -0.3 is 15.8 Å². The number of carbonyl (C=O) groups excluding carboxylic acids is 2. The molecule has 0 saturated carbocycles. The van der Waals surface area contributed by atoms with Crippen molar-refractivity contribution in [3.8, 4) is 0 Å². The number of Topliss-reactive ketones (excluding diaryl/α,β-unsaturated/α-hetero) is 1. The van der Waals surface area contributed by atoms with E-state index in [2.05, 4.69) is 24.1 Å². The van der Waals surface area contributed by atoms with Gasteiger partial charge >= 0.3 is 0 Å². The maximum absolute atomic E-state index is 12.4. The zero-order valence-corrected chi connectivity index (χ0v) is 13.7. The Morgan fingerprint density at radius 1 is 1.32 bits per heavy atom. The molecule has 1 aromatic rings. The third-order valence-electron chi connectivity index (χ3n) is 4.29. The zero-order valence-electron chi connectivity index (χ0n) is 12.9. The van der Waals surface area contributed by atoms with E-state index < -0.39 is 5.54 Å². The molecule has 0 unspecified atom stereocenters. The van der Waals surface area contributed by atoms with Crippen molar-refractivity contribution < 1.29 is 14.3 Å². The summed E-state index contributed by atoms with van der Waals surface area (Å²) in [5.41, 5.74) is 5.97. The van der Waals surface area contributed by atoms with E-state index in [1.54, 1.807) is 0 Å². The quantitative estimate of drug-likeness (QED) is 0.864. The molecule has 0 atom stereocenters. The Balaban J connectivity index is 1.77. The predicted molar refractivity (Wildman–Crippen MR) is 84.1 cm³/mol. The van der Waals surface area contributed by atoms with E-state index in [9.17, 15) is 9.59 Å². The predicted octanol–water partition coefficient (Wildman–Crippen LogP) is 1.74. The van der Waals surface area contributed by atoms with Crippen molar-refractivity contribution >= 4 is 28.2 Å². The molecule has 3 rings (SSSR count). The van der Waals surface area contributed by atoms with E-state index in [1.807, 2.05) is 0 Å². The Labute approximate surface area is 133 Å². The average molecular weight is 323 g/mol. The molecule has 3 N–H and O–H groups in total. The van der Waals surface area contributed by atoms with E-state index in [0.29, 0.717) is 42.5 Å². The summed E-state index contributed by atoms with van der Waals surface area (Å²) in [6, 6.07) is 0. The number of thiazole rings is 1. The van der Waals surface area contributed by atoms with Crippen molar-refractivity contribution in [3.63, 3.8) is 0 Å². The highest BCUT2D eigenvalue weighted by atomic mass is 32.1. The molecule has 0 spiro atoms. The van der Waals surface area contributed by atoms with Gasteiger partial charge in [0.2, 0.25) is 5.91 Å². The number of nitrogens with zero attached hydrogens (tertiary/aromatic N) is 1. The third kappa shape index (κ3) is 2.93. The van der Waals surface area contributed by atoms with Crippen LogP contribution >= 0.6 is 11.3 Å². The molecule has 2 heterocycles. The molecule has 0 bridgehead atoms. The second-order valence-corrected chi connectivity index (χ2v) is 7.96. The summed E-state index contributed by atoms with van der Waals surface area (Å²) < 4.78 is 5.25. The molecule has 0 aromatic carbocycles. The Hall–Kier alpha value is -1.31. The molecular formula is C15H21N3O3S. The molecule has 7 heteroatoms. The molecule has 22 heavy (non-hydrogen) atoms. The number of ketones is 1. The van der Waals surface area contributed by atoms with Gasteiger partial charge in [0.05, 0.1) is 10.6 Å². The molecule has 120 valence electrons. The molecule has 1 saturated heterocycles. The van der Waals surface area contributed by atoms with Gasteiger partial charge in [0.25, 0.3) is 0 Å². The maximum Gasteiger partial charge on any atom is 0.246 e. The van der Waals surface area contributed by atoms with E-state index in [4.69, 9.17) is 10.5 Å². The maximum atomic E-state index is 12.4. The molecular weight excluding hydrogens is 302 g/mol. The second-order valence-electron chi connectivity index (χ2n) is 6.96. The highest BCUT2D eigenvalue weighted by molar-refractivity contribution is 7.17. The SMILES string of the molecule is CC1(C)CC(=O)c2sc(NC(=O)C3(N)CCOCC3)nc2C1. The average Bonchev–Trinajstić information content (AvgIpc) is 2.80. The van der Waals surface area contributed by atoms with Crippen LogP contribution in [0.1, 0.15) is 48.5 Å². The number of ether oxygens (including phenoxy) is 1. The Morgan fingerprint density at radius 2 is 2.00 bits per heavy atom. The van der Waals surface area contributed by atoms with Crippen LogP contribution in [0.5, 0.6) is 0 Å². The number of nitrogens with two attached hydrogens (primary N) is 1. The highest BCUT2D eigenvalue weighted by Gasteiger charge is 2.38. The first-order chi connectivity index (χ1) is 10.3. The van der Waals surface area contributed by atoms with Gasteiger partial charge in [-0.2, -0.15) is 0 Å². The van der Waals surface area contributed by atoms with E-state index >= 15 is 0 Å². The first kappa shape index (κ1) is 15.6. The van der Waals surface area contributed by atoms with Gasteiger partial charge in [-0.3, -0.25) is 9.59 Å². The fourth-order valence-electron chi connectivity index (χ4n) is 2.96. The molecule has 1 amide bonds. The monoisotopic (exact) mass is 323 g/mol. The normalized spacial score (nSPS) is 23.0. The first-order valence-corrected chi connectivity index (χ1v) is 8.32. The third-order valence-corrected chi connectivity index (χ3v) is 5.35. The first-order valence-electron chi connectivity index (χ1n) is 7.50. The zero-order chi connectivity index (χ0) is 16.0.